The average Bonchev–Trinajstić information content (AvgIpc) is 3.69. The van der Waals surface area contributed by atoms with Crippen LogP contribution in [0.5, 0.6) is 0 Å². The van der Waals surface area contributed by atoms with E-state index < -0.39 is 37.5 Å². The summed E-state index contributed by atoms with van der Waals surface area (Å²) >= 11 is 0. The molecule has 5 rings (SSSR count). The van der Waals surface area contributed by atoms with Crippen molar-refractivity contribution in [1.82, 2.24) is 19.9 Å². The summed E-state index contributed by atoms with van der Waals surface area (Å²) in [5.41, 5.74) is 0.406. The van der Waals surface area contributed by atoms with E-state index in [-0.39, 0.29) is 49.9 Å². The monoisotopic (exact) mass is 577 g/mol. The second kappa shape index (κ2) is 10.1. The van der Waals surface area contributed by atoms with Crippen LogP contribution in [-0.4, -0.2) is 57.4 Å². The summed E-state index contributed by atoms with van der Waals surface area (Å²) < 4.78 is 85.5. The van der Waals surface area contributed by atoms with Crippen LogP contribution in [0.3, 0.4) is 0 Å². The van der Waals surface area contributed by atoms with E-state index in [4.69, 9.17) is 5.41 Å². The van der Waals surface area contributed by atoms with Gasteiger partial charge in [-0.3, -0.25) is 5.41 Å². The van der Waals surface area contributed by atoms with Crippen LogP contribution in [0.1, 0.15) is 32.1 Å². The first kappa shape index (κ1) is 27.5. The minimum atomic E-state index is -4.76. The lowest BCUT2D eigenvalue weighted by molar-refractivity contribution is -0.161. The zero-order valence-corrected chi connectivity index (χ0v) is 20.5. The molecule has 8 bridgehead atoms. The van der Waals surface area contributed by atoms with E-state index in [1.54, 1.807) is 0 Å². The highest BCUT2D eigenvalue weighted by molar-refractivity contribution is 6.04. The fourth-order valence-electron chi connectivity index (χ4n) is 4.07. The fraction of sp³-hybridized carbons (Fsp3) is 0.154. The van der Waals surface area contributed by atoms with Crippen LogP contribution in [0.25, 0.3) is 45.3 Å². The molecule has 9 nitrogen and oxygen atoms in total. The van der Waals surface area contributed by atoms with Gasteiger partial charge in [0.25, 0.3) is 0 Å². The predicted octanol–water partition coefficient (Wildman–Crippen LogP) is 5.61. The Morgan fingerprint density at radius 2 is 1.15 bits per heavy atom. The van der Waals surface area contributed by atoms with Gasteiger partial charge in [0.1, 0.15) is 16.5 Å². The number of aromatic nitrogens is 4. The van der Waals surface area contributed by atoms with E-state index in [0.29, 0.717) is 11.0 Å². The second-order valence-corrected chi connectivity index (χ2v) is 8.81. The number of carbonyl (C=O) groups excluding carboxylic acids is 2. The quantitative estimate of drug-likeness (QED) is 0.163. The van der Waals surface area contributed by atoms with E-state index >= 15 is 0 Å². The molecule has 4 aromatic rings. The molecule has 0 aliphatic carbocycles. The number of ether oxygens (including phenoxy) is 2. The topological polar surface area (TPSA) is 137 Å². The highest BCUT2D eigenvalue weighted by atomic mass is 19.4. The number of carbonyl (C=O) groups is 2. The zero-order valence-electron chi connectivity index (χ0n) is 20.5. The first-order valence-corrected chi connectivity index (χ1v) is 11.7. The summed E-state index contributed by atoms with van der Waals surface area (Å²) in [6, 6.07) is 10.1. The molecule has 0 saturated carbocycles. The van der Waals surface area contributed by atoms with E-state index in [2.05, 4.69) is 29.4 Å². The fourth-order valence-corrected chi connectivity index (χ4v) is 4.07. The van der Waals surface area contributed by atoms with Gasteiger partial charge in [-0.15, -0.1) is 0 Å². The highest BCUT2D eigenvalue weighted by Crippen LogP contribution is 2.24. The molecule has 1 aliphatic rings. The van der Waals surface area contributed by atoms with Crippen molar-refractivity contribution >= 4 is 57.2 Å². The molecule has 0 saturated heterocycles. The lowest BCUT2D eigenvalue weighted by atomic mass is 10.2. The number of H-pyrrole nitrogens is 3. The third-order valence-corrected chi connectivity index (χ3v) is 5.79. The first-order chi connectivity index (χ1) is 19.3. The van der Waals surface area contributed by atoms with Crippen molar-refractivity contribution in [1.29, 1.82) is 5.41 Å². The molecule has 4 aromatic heterocycles. The first-order valence-electron chi connectivity index (χ1n) is 11.7. The molecular formula is C26H17F6N5O4. The Kier molecular flexibility index (Phi) is 6.80. The van der Waals surface area contributed by atoms with E-state index in [1.807, 2.05) is 0 Å². The number of hydrogen-bond donors (Lipinski definition) is 4. The van der Waals surface area contributed by atoms with Crippen molar-refractivity contribution in [2.75, 3.05) is 13.2 Å². The highest BCUT2D eigenvalue weighted by Gasteiger charge is 2.31. The van der Waals surface area contributed by atoms with Crippen molar-refractivity contribution in [3.05, 3.63) is 70.3 Å². The minimum Gasteiger partial charge on any atom is -0.452 e. The van der Waals surface area contributed by atoms with Gasteiger partial charge in [-0.05, 0) is 54.6 Å². The lowest BCUT2D eigenvalue weighted by Gasteiger charge is -2.08. The summed E-state index contributed by atoms with van der Waals surface area (Å²) in [7, 11) is 0. The van der Waals surface area contributed by atoms with Gasteiger partial charge >= 0.3 is 24.3 Å². The van der Waals surface area contributed by atoms with Crippen LogP contribution in [0.2, 0.25) is 0 Å². The van der Waals surface area contributed by atoms with Gasteiger partial charge in [0.05, 0.1) is 33.5 Å². The van der Waals surface area contributed by atoms with Crippen LogP contribution in [-0.2, 0) is 9.47 Å². The molecule has 0 unspecified atom stereocenters. The summed E-state index contributed by atoms with van der Waals surface area (Å²) in [6.45, 7) is -3.63. The smallest absolute Gasteiger partial charge is 0.422 e. The van der Waals surface area contributed by atoms with Crippen LogP contribution in [0.15, 0.2) is 42.5 Å². The molecule has 212 valence electrons. The van der Waals surface area contributed by atoms with Crippen molar-refractivity contribution in [3.8, 4) is 0 Å². The molecule has 0 fully saturated rings. The predicted molar refractivity (Wildman–Crippen MR) is 134 cm³/mol. The zero-order chi connectivity index (χ0) is 29.5. The molecule has 0 amide bonds. The number of nitrogens with zero attached hydrogens (tertiary/aromatic N) is 1. The molecule has 0 aromatic carbocycles. The van der Waals surface area contributed by atoms with Gasteiger partial charge in [-0.25, -0.2) is 14.6 Å². The number of nitrogens with one attached hydrogen (secondary N) is 4. The van der Waals surface area contributed by atoms with Gasteiger partial charge in [-0.2, -0.15) is 26.3 Å². The number of hydrogen-bond acceptors (Lipinski definition) is 6. The summed E-state index contributed by atoms with van der Waals surface area (Å²) in [4.78, 5) is 38.4. The maximum atomic E-state index is 12.8. The Hall–Kier alpha value is -5.08. The van der Waals surface area contributed by atoms with Crippen LogP contribution < -0.4 is 5.36 Å². The Bertz CT molecular complexity index is 1900. The van der Waals surface area contributed by atoms with E-state index in [9.17, 15) is 35.9 Å². The largest absolute Gasteiger partial charge is 0.452 e. The molecule has 0 atom stereocenters. The lowest BCUT2D eigenvalue weighted by Crippen LogP contribution is -2.21. The number of fused-ring (bicyclic) bond motifs is 8. The molecule has 41 heavy (non-hydrogen) atoms. The maximum Gasteiger partial charge on any atom is 0.422 e. The van der Waals surface area contributed by atoms with Crippen molar-refractivity contribution in [3.63, 3.8) is 0 Å². The van der Waals surface area contributed by atoms with E-state index in [1.165, 1.54) is 54.6 Å². The normalized spacial score (nSPS) is 12.5. The van der Waals surface area contributed by atoms with Crippen molar-refractivity contribution < 1.29 is 45.4 Å². The SMILES string of the molecule is N=c1c2nc(c(C(=O)OCC(F)(F)F)c3ccc(cc4ccc([nH]4)c(C(=O)OCC(F)(F)F)c4ccc1[nH]4)[nH]3)C=C2. The number of esters is 2. The Morgan fingerprint density at radius 3 is 1.73 bits per heavy atom. The standard InChI is InChI=1S/C26H17F6N5O4/c27-25(28,29)10-40-23(38)20-14-3-1-12(34-14)9-13-2-4-15(35-13)21(24(39)41-11-26(30,31)32)17-6-8-19(37-17)22(33)18-7-5-16(20)36-18/h1-9,33-36H,10-11H2. The van der Waals surface area contributed by atoms with Crippen molar-refractivity contribution in [2.24, 2.45) is 0 Å². The molecule has 1 aliphatic heterocycles. The van der Waals surface area contributed by atoms with Gasteiger partial charge in [-0.1, -0.05) is 0 Å². The average molecular weight is 577 g/mol. The van der Waals surface area contributed by atoms with Crippen LogP contribution in [0.4, 0.5) is 26.3 Å². The Balaban J connectivity index is 1.78. The molecule has 0 radical (unpaired) electrons. The molecular weight excluding hydrogens is 560 g/mol. The number of aromatic amines is 3. The molecule has 15 heteroatoms. The Morgan fingerprint density at radius 1 is 0.683 bits per heavy atom. The number of rotatable bonds is 4. The maximum absolute atomic E-state index is 12.8. The second-order valence-electron chi connectivity index (χ2n) is 8.81. The Labute approximate surface area is 224 Å². The third-order valence-electron chi connectivity index (χ3n) is 5.79. The van der Waals surface area contributed by atoms with Gasteiger partial charge in [0.15, 0.2) is 13.2 Å². The van der Waals surface area contributed by atoms with E-state index in [0.717, 1.165) is 0 Å². The van der Waals surface area contributed by atoms with Gasteiger partial charge in [0, 0.05) is 11.0 Å². The summed E-state index contributed by atoms with van der Waals surface area (Å²) in [6.07, 6.45) is -6.85. The molecule has 5 heterocycles. The molecule has 0 spiro atoms. The van der Waals surface area contributed by atoms with Crippen LogP contribution in [0, 0.1) is 5.41 Å². The molecule has 4 N–H and O–H groups in total. The summed E-state index contributed by atoms with van der Waals surface area (Å²) in [5.74, 6) is -2.57. The third kappa shape index (κ3) is 6.08. The summed E-state index contributed by atoms with van der Waals surface area (Å²) in [5, 5.41) is 8.31. The van der Waals surface area contributed by atoms with Gasteiger partial charge in [0.2, 0.25) is 0 Å². The number of halogens is 6. The number of alkyl halides is 6. The van der Waals surface area contributed by atoms with Crippen LogP contribution >= 0.6 is 0 Å². The van der Waals surface area contributed by atoms with Crippen molar-refractivity contribution in [2.45, 2.75) is 12.4 Å². The van der Waals surface area contributed by atoms with Gasteiger partial charge < -0.3 is 24.4 Å². The minimum absolute atomic E-state index is 0.00307.